The van der Waals surface area contributed by atoms with E-state index in [0.29, 0.717) is 0 Å². The van der Waals surface area contributed by atoms with Crippen LogP contribution in [0.15, 0.2) is 12.4 Å². The number of carbonyl (C=O) groups is 1. The molecule has 11 heavy (non-hydrogen) atoms. The van der Waals surface area contributed by atoms with Crippen molar-refractivity contribution in [1.29, 1.82) is 0 Å². The molecule has 0 saturated heterocycles. The van der Waals surface area contributed by atoms with Gasteiger partial charge in [0.2, 0.25) is 0 Å². The minimum atomic E-state index is -0.928. The van der Waals surface area contributed by atoms with Crippen molar-refractivity contribution >= 4 is 6.09 Å². The summed E-state index contributed by atoms with van der Waals surface area (Å²) in [6.45, 7) is 1.93. The molecule has 4 heteroatoms. The highest BCUT2D eigenvalue weighted by atomic mass is 16.4. The second-order valence-corrected chi connectivity index (χ2v) is 2.33. The third-order valence-corrected chi connectivity index (χ3v) is 1.65. The van der Waals surface area contributed by atoms with Crippen molar-refractivity contribution in [3.8, 4) is 0 Å². The van der Waals surface area contributed by atoms with Crippen molar-refractivity contribution in [2.45, 2.75) is 13.3 Å². The molecule has 0 aliphatic carbocycles. The Kier molecular flexibility index (Phi) is 1.94. The largest absolute Gasteiger partial charge is 0.509 e. The van der Waals surface area contributed by atoms with Gasteiger partial charge in [-0.05, 0) is 0 Å². The number of nitrogens with zero attached hydrogens (tertiary/aromatic N) is 2. The molecule has 0 spiro atoms. The van der Waals surface area contributed by atoms with Crippen molar-refractivity contribution in [3.05, 3.63) is 18.2 Å². The van der Waals surface area contributed by atoms with Gasteiger partial charge in [-0.15, -0.1) is 4.57 Å². The van der Waals surface area contributed by atoms with Crippen LogP contribution in [-0.2, 0) is 13.5 Å². The van der Waals surface area contributed by atoms with Crippen LogP contribution in [0.4, 0.5) is 4.79 Å². The van der Waals surface area contributed by atoms with Crippen molar-refractivity contribution in [3.63, 3.8) is 0 Å². The van der Waals surface area contributed by atoms with Gasteiger partial charge in [-0.1, -0.05) is 6.92 Å². The summed E-state index contributed by atoms with van der Waals surface area (Å²) in [6.07, 6.45) is 3.06. The first kappa shape index (κ1) is 7.78. The Labute approximate surface area is 64.7 Å². The molecular weight excluding hydrogens is 144 g/mol. The summed E-state index contributed by atoms with van der Waals surface area (Å²) in [5.41, 5.74) is 0. The number of imidazole rings is 1. The highest BCUT2D eigenvalue weighted by molar-refractivity contribution is 5.53. The maximum Gasteiger partial charge on any atom is 0.509 e. The third kappa shape index (κ3) is 1.24. The van der Waals surface area contributed by atoms with Crippen LogP contribution in [-0.4, -0.2) is 15.8 Å². The van der Waals surface area contributed by atoms with Gasteiger partial charge in [0.1, 0.15) is 12.4 Å². The van der Waals surface area contributed by atoms with E-state index in [1.165, 1.54) is 4.57 Å². The fourth-order valence-corrected chi connectivity index (χ4v) is 1.10. The summed E-state index contributed by atoms with van der Waals surface area (Å²) in [6, 6.07) is 0. The van der Waals surface area contributed by atoms with Gasteiger partial charge in [-0.25, -0.2) is 4.57 Å². The van der Waals surface area contributed by atoms with E-state index in [1.807, 2.05) is 14.0 Å². The molecule has 0 atom stereocenters. The van der Waals surface area contributed by atoms with Crippen LogP contribution >= 0.6 is 0 Å². The molecule has 0 radical (unpaired) electrons. The van der Waals surface area contributed by atoms with Crippen LogP contribution in [0.5, 0.6) is 0 Å². The topological polar surface area (TPSA) is 46.1 Å². The summed E-state index contributed by atoms with van der Waals surface area (Å²) in [7, 11) is 1.83. The summed E-state index contributed by atoms with van der Waals surface area (Å²) in [5.74, 6) is 0.789. The second kappa shape index (κ2) is 2.74. The molecular formula is C7H11N2O2+. The fraction of sp³-hybridized carbons (Fsp3) is 0.429. The van der Waals surface area contributed by atoms with E-state index >= 15 is 0 Å². The molecule has 0 aromatic carbocycles. The van der Waals surface area contributed by atoms with Gasteiger partial charge in [-0.2, -0.15) is 4.79 Å². The zero-order valence-corrected chi connectivity index (χ0v) is 6.61. The number of hydrogen-bond donors (Lipinski definition) is 1. The second-order valence-electron chi connectivity index (χ2n) is 2.33. The lowest BCUT2D eigenvalue weighted by Crippen LogP contribution is -2.43. The van der Waals surface area contributed by atoms with Gasteiger partial charge in [0, 0.05) is 6.42 Å². The van der Waals surface area contributed by atoms with Crippen molar-refractivity contribution in [1.82, 2.24) is 4.57 Å². The highest BCUT2D eigenvalue weighted by Crippen LogP contribution is 1.91. The SMILES string of the molecule is CCc1n(C)cc[n+]1C(=O)O. The lowest BCUT2D eigenvalue weighted by molar-refractivity contribution is -0.592. The summed E-state index contributed by atoms with van der Waals surface area (Å²) in [4.78, 5) is 10.5. The molecule has 4 nitrogen and oxygen atoms in total. The van der Waals surface area contributed by atoms with Crippen LogP contribution in [0.2, 0.25) is 0 Å². The molecule has 0 aliphatic rings. The van der Waals surface area contributed by atoms with Gasteiger partial charge in [0.25, 0.3) is 5.82 Å². The minimum Gasteiger partial charge on any atom is -0.446 e. The highest BCUT2D eigenvalue weighted by Gasteiger charge is 2.17. The van der Waals surface area contributed by atoms with Gasteiger partial charge >= 0.3 is 6.09 Å². The first-order chi connectivity index (χ1) is 5.16. The summed E-state index contributed by atoms with van der Waals surface area (Å²) >= 11 is 0. The number of rotatable bonds is 1. The average molecular weight is 155 g/mol. The van der Waals surface area contributed by atoms with Crippen LogP contribution in [0.3, 0.4) is 0 Å². The molecule has 0 amide bonds. The molecule has 0 unspecified atom stereocenters. The average Bonchev–Trinajstić information content (AvgIpc) is 2.30. The molecule has 60 valence electrons. The Balaban J connectivity index is 3.15. The van der Waals surface area contributed by atoms with E-state index in [-0.39, 0.29) is 0 Å². The zero-order chi connectivity index (χ0) is 8.43. The minimum absolute atomic E-state index is 0.718. The smallest absolute Gasteiger partial charge is 0.446 e. The maximum atomic E-state index is 10.5. The lowest BCUT2D eigenvalue weighted by atomic mass is 10.4. The van der Waals surface area contributed by atoms with E-state index in [4.69, 9.17) is 5.11 Å². The summed E-state index contributed by atoms with van der Waals surface area (Å²) < 4.78 is 3.02. The fourth-order valence-electron chi connectivity index (χ4n) is 1.10. The first-order valence-corrected chi connectivity index (χ1v) is 3.46. The number of aryl methyl sites for hydroxylation is 1. The molecule has 0 bridgehead atoms. The molecule has 1 aromatic rings. The summed E-state index contributed by atoms with van der Waals surface area (Å²) in [5, 5.41) is 8.66. The quantitative estimate of drug-likeness (QED) is 0.597. The van der Waals surface area contributed by atoms with Gasteiger partial charge in [0.05, 0.1) is 7.05 Å². The van der Waals surface area contributed by atoms with E-state index in [0.717, 1.165) is 12.2 Å². The van der Waals surface area contributed by atoms with Crippen LogP contribution < -0.4 is 4.57 Å². The predicted octanol–water partition coefficient (Wildman–Crippen LogP) is 0.401. The molecule has 1 heterocycles. The maximum absolute atomic E-state index is 10.5. The normalized spacial score (nSPS) is 10.0. The van der Waals surface area contributed by atoms with Crippen LogP contribution in [0, 0.1) is 0 Å². The standard InChI is InChI=1S/C7H10N2O2/c1-3-6-8(2)4-5-9(6)7(10)11/h4-5H,3H2,1-2H3/p+1. The third-order valence-electron chi connectivity index (χ3n) is 1.65. The van der Waals surface area contributed by atoms with E-state index < -0.39 is 6.09 Å². The van der Waals surface area contributed by atoms with Crippen LogP contribution in [0.1, 0.15) is 12.7 Å². The zero-order valence-electron chi connectivity index (χ0n) is 6.61. The van der Waals surface area contributed by atoms with Crippen molar-refractivity contribution in [2.75, 3.05) is 0 Å². The molecule has 1 N–H and O–H groups in total. The number of hydrogen-bond acceptors (Lipinski definition) is 1. The number of aromatic nitrogens is 2. The lowest BCUT2D eigenvalue weighted by Gasteiger charge is -1.91. The number of carboxylic acid groups (broad SMARTS) is 1. The molecule has 1 rings (SSSR count). The monoisotopic (exact) mass is 155 g/mol. The Morgan fingerprint density at radius 1 is 1.82 bits per heavy atom. The Hall–Kier alpha value is -1.32. The van der Waals surface area contributed by atoms with E-state index in [2.05, 4.69) is 0 Å². The molecule has 0 saturated carbocycles. The molecule has 0 aliphatic heterocycles. The van der Waals surface area contributed by atoms with Crippen molar-refractivity contribution in [2.24, 2.45) is 7.05 Å². The predicted molar refractivity (Wildman–Crippen MR) is 38.4 cm³/mol. The molecule has 1 aromatic heterocycles. The van der Waals surface area contributed by atoms with Crippen molar-refractivity contribution < 1.29 is 14.5 Å². The molecule has 0 fully saturated rings. The van der Waals surface area contributed by atoms with Gasteiger partial charge in [-0.3, -0.25) is 0 Å². The Bertz CT molecular complexity index is 278. The van der Waals surface area contributed by atoms with Gasteiger partial charge in [0.15, 0.2) is 0 Å². The first-order valence-electron chi connectivity index (χ1n) is 3.46. The van der Waals surface area contributed by atoms with Crippen LogP contribution in [0.25, 0.3) is 0 Å². The Morgan fingerprint density at radius 2 is 2.45 bits per heavy atom. The van der Waals surface area contributed by atoms with E-state index in [9.17, 15) is 4.79 Å². The van der Waals surface area contributed by atoms with Gasteiger partial charge < -0.3 is 5.11 Å². The Morgan fingerprint density at radius 3 is 2.82 bits per heavy atom. The van der Waals surface area contributed by atoms with E-state index in [1.54, 1.807) is 17.0 Å².